The number of aliphatic hydroxyl groups is 5. The van der Waals surface area contributed by atoms with Gasteiger partial charge in [0.15, 0.2) is 17.0 Å². The quantitative estimate of drug-likeness (QED) is 0.0236. The van der Waals surface area contributed by atoms with Gasteiger partial charge in [0.05, 0.1) is 37.2 Å². The van der Waals surface area contributed by atoms with E-state index in [1.165, 1.54) is 36.2 Å². The number of alkyl carbamates (subject to hydrolysis) is 1. The van der Waals surface area contributed by atoms with E-state index < -0.39 is 91.4 Å². The average molecular weight is 969 g/mol. The Kier molecular flexibility index (Phi) is 23.3. The van der Waals surface area contributed by atoms with Crippen molar-refractivity contribution in [3.63, 3.8) is 0 Å². The van der Waals surface area contributed by atoms with Crippen LogP contribution in [0.25, 0.3) is 11.2 Å². The Morgan fingerprint density at radius 3 is 2.18 bits per heavy atom. The maximum absolute atomic E-state index is 12.8. The summed E-state index contributed by atoms with van der Waals surface area (Å²) in [6.07, 6.45) is -5.79. The lowest BCUT2D eigenvalue weighted by Crippen LogP contribution is -2.51. The van der Waals surface area contributed by atoms with Gasteiger partial charge in [-0.3, -0.25) is 14.4 Å². The van der Waals surface area contributed by atoms with E-state index in [0.717, 1.165) is 10.8 Å². The molecule has 0 aliphatic carbocycles. The number of benzene rings is 1. The number of carbonyl (C=O) groups excluding carboxylic acids is 4. The van der Waals surface area contributed by atoms with Crippen molar-refractivity contribution < 1.29 is 69.2 Å². The maximum atomic E-state index is 12.8. The third-order valence-corrected chi connectivity index (χ3v) is 11.8. The zero-order chi connectivity index (χ0) is 48.8. The molecule has 26 nitrogen and oxygen atoms in total. The number of likely N-dealkylation sites (N-methyl/N-ethyl adjacent to an activating group) is 1. The Morgan fingerprint density at radius 2 is 1.52 bits per heavy atom. The van der Waals surface area contributed by atoms with Gasteiger partial charge in [0.2, 0.25) is 17.8 Å². The number of ether oxygens (including phenoxy) is 1. The summed E-state index contributed by atoms with van der Waals surface area (Å²) in [5.41, 5.74) is 13.5. The van der Waals surface area contributed by atoms with Crippen molar-refractivity contribution in [1.82, 2.24) is 46.5 Å². The van der Waals surface area contributed by atoms with Gasteiger partial charge in [-0.25, -0.2) is 24.4 Å². The molecule has 0 radical (unpaired) electrons. The molecule has 0 unspecified atom stereocenters. The summed E-state index contributed by atoms with van der Waals surface area (Å²) >= 11 is 0. The molecule has 364 valence electrons. The van der Waals surface area contributed by atoms with Crippen LogP contribution in [0.5, 0.6) is 0 Å². The molecule has 0 saturated heterocycles. The van der Waals surface area contributed by atoms with E-state index in [0.29, 0.717) is 29.7 Å². The van der Waals surface area contributed by atoms with E-state index in [-0.39, 0.29) is 73.4 Å². The fraction of sp³-hybridized carbons (Fsp3) is 0.526. The van der Waals surface area contributed by atoms with Gasteiger partial charge in [0.25, 0.3) is 5.91 Å². The van der Waals surface area contributed by atoms with Gasteiger partial charge < -0.3 is 83.9 Å². The Hall–Kier alpha value is -5.88. The van der Waals surface area contributed by atoms with Crippen LogP contribution in [0.3, 0.4) is 0 Å². The van der Waals surface area contributed by atoms with E-state index in [9.17, 15) is 59.4 Å². The summed E-state index contributed by atoms with van der Waals surface area (Å²) in [7, 11) is 3.74. The van der Waals surface area contributed by atoms with Gasteiger partial charge in [-0.15, -0.1) is 0 Å². The van der Waals surface area contributed by atoms with Gasteiger partial charge in [-0.05, 0) is 57.0 Å². The standard InChI is InChI=1S/C38H56N12O14S2/c1-41-22(9-10-27(54)44-16-25(52)29(55)30(56)26(53)17-51)34(58)48-24(36(61)62)18-66-65-13-12-64-38(63)42-11-3-2-4-23(35(59)60)47-33(57)19-5-7-20(8-6-19)43-14-21-15-45-32-28(46-21)31(39)49-37(40)50-32/h5-8,15,22-26,29-30,41,43,51-53,55-56H,2-4,9-14,16-18H2,1H3,(H,42,63)(H,44,54)(H,47,57)(H,48,58)(H,59,60)(H,61,62)(H4,39,40,45,49,50)/t22-,23-,24-,25-,26+,29+,30+/m0/s1. The molecule has 3 aromatic rings. The van der Waals surface area contributed by atoms with Crippen molar-refractivity contribution in [1.29, 1.82) is 0 Å². The number of hydrogen-bond donors (Lipinski definition) is 15. The highest BCUT2D eigenvalue weighted by Gasteiger charge is 2.31. The Balaban J connectivity index is 1.27. The molecule has 2 aromatic heterocycles. The fourth-order valence-corrected chi connectivity index (χ4v) is 7.66. The molecule has 4 amide bonds. The van der Waals surface area contributed by atoms with Gasteiger partial charge in [-0.1, -0.05) is 21.6 Å². The molecule has 66 heavy (non-hydrogen) atoms. The van der Waals surface area contributed by atoms with Gasteiger partial charge in [0, 0.05) is 42.3 Å². The first-order valence-corrected chi connectivity index (χ1v) is 22.8. The van der Waals surface area contributed by atoms with Crippen LogP contribution < -0.4 is 43.4 Å². The zero-order valence-electron chi connectivity index (χ0n) is 35.7. The Labute approximate surface area is 385 Å². The fourth-order valence-electron chi connectivity index (χ4n) is 5.68. The minimum Gasteiger partial charge on any atom is -0.480 e. The van der Waals surface area contributed by atoms with E-state index in [1.54, 1.807) is 12.1 Å². The Bertz CT molecular complexity index is 2080. The number of carbonyl (C=O) groups is 6. The minimum absolute atomic E-state index is 0.0136. The number of unbranched alkanes of at least 4 members (excludes halogenated alkanes) is 1. The number of carboxylic acids is 2. The van der Waals surface area contributed by atoms with E-state index in [2.05, 4.69) is 51.8 Å². The summed E-state index contributed by atoms with van der Waals surface area (Å²) in [4.78, 5) is 90.1. The van der Waals surface area contributed by atoms with Gasteiger partial charge >= 0.3 is 18.0 Å². The lowest BCUT2D eigenvalue weighted by molar-refractivity contribution is -0.141. The number of aliphatic hydroxyl groups excluding tert-OH is 5. The summed E-state index contributed by atoms with van der Waals surface area (Å²) in [5, 5.41) is 82.7. The second kappa shape index (κ2) is 28.2. The third kappa shape index (κ3) is 18.5. The number of anilines is 3. The largest absolute Gasteiger partial charge is 0.480 e. The number of aliphatic carboxylic acids is 2. The first kappa shape index (κ1) is 54.5. The molecule has 0 bridgehead atoms. The minimum atomic E-state index is -1.87. The van der Waals surface area contributed by atoms with Gasteiger partial charge in [-0.2, -0.15) is 9.97 Å². The molecular formula is C38H56N12O14S2. The van der Waals surface area contributed by atoms with E-state index in [4.69, 9.17) is 21.3 Å². The van der Waals surface area contributed by atoms with Crippen LogP contribution >= 0.6 is 21.6 Å². The predicted molar refractivity (Wildman–Crippen MR) is 241 cm³/mol. The molecule has 0 aliphatic rings. The molecule has 17 N–H and O–H groups in total. The molecule has 7 atom stereocenters. The van der Waals surface area contributed by atoms with E-state index in [1.807, 2.05) is 0 Å². The lowest BCUT2D eigenvalue weighted by atomic mass is 10.0. The van der Waals surface area contributed by atoms with Crippen LogP contribution in [0.15, 0.2) is 30.5 Å². The van der Waals surface area contributed by atoms with Crippen LogP contribution in [-0.4, -0.2) is 179 Å². The highest BCUT2D eigenvalue weighted by atomic mass is 33.1. The summed E-state index contributed by atoms with van der Waals surface area (Å²) < 4.78 is 5.11. The topological polar surface area (TPSA) is 429 Å². The number of nitrogens with two attached hydrogens (primary N) is 2. The van der Waals surface area contributed by atoms with Crippen LogP contribution in [-0.2, 0) is 30.5 Å². The second-order valence-electron chi connectivity index (χ2n) is 14.3. The number of fused-ring (bicyclic) bond motifs is 1. The van der Waals surface area contributed by atoms with Crippen molar-refractivity contribution >= 4 is 86.0 Å². The van der Waals surface area contributed by atoms with Crippen molar-refractivity contribution in [2.75, 3.05) is 61.6 Å². The third-order valence-electron chi connectivity index (χ3n) is 9.41. The molecule has 2 heterocycles. The molecule has 1 aromatic carbocycles. The summed E-state index contributed by atoms with van der Waals surface area (Å²) in [6.45, 7) is -0.955. The maximum Gasteiger partial charge on any atom is 0.407 e. The summed E-state index contributed by atoms with van der Waals surface area (Å²) in [5.74, 6) is -4.12. The van der Waals surface area contributed by atoms with Crippen molar-refractivity contribution in [3.05, 3.63) is 41.7 Å². The number of carboxylic acid groups (broad SMARTS) is 2. The molecule has 0 saturated carbocycles. The number of nitrogens with zero attached hydrogens (tertiary/aromatic N) is 4. The molecular weight excluding hydrogens is 913 g/mol. The number of nitrogens with one attached hydrogen (secondary N) is 6. The second-order valence-corrected chi connectivity index (χ2v) is 17.0. The number of hydrogen-bond acceptors (Lipinski definition) is 22. The monoisotopic (exact) mass is 968 g/mol. The number of amides is 4. The first-order chi connectivity index (χ1) is 31.4. The molecule has 0 aliphatic heterocycles. The SMILES string of the molecule is CN[C@@H](CCC(=O)NC[C@H](O)[C@@H](O)[C@H](O)[C@H](O)CO)C(=O)N[C@@H](CSSCCOC(=O)NCCCC[C@H](NC(=O)c1ccc(NCc2cnc3nc(N)nc(N)c3n2)cc1)C(=O)O)C(=O)O. The normalized spacial score (nSPS) is 14.4. The number of rotatable bonds is 30. The van der Waals surface area contributed by atoms with Gasteiger partial charge in [0.1, 0.15) is 37.0 Å². The molecule has 0 fully saturated rings. The highest BCUT2D eigenvalue weighted by molar-refractivity contribution is 8.76. The number of nitrogen functional groups attached to an aromatic ring is 2. The van der Waals surface area contributed by atoms with E-state index >= 15 is 0 Å². The predicted octanol–water partition coefficient (Wildman–Crippen LogP) is -2.85. The average Bonchev–Trinajstić information content (AvgIpc) is 3.29. The van der Waals surface area contributed by atoms with Crippen molar-refractivity contribution in [3.8, 4) is 0 Å². The number of aromatic nitrogens is 4. The highest BCUT2D eigenvalue weighted by Crippen LogP contribution is 2.22. The van der Waals surface area contributed by atoms with Crippen LogP contribution in [0.2, 0.25) is 0 Å². The van der Waals surface area contributed by atoms with Crippen molar-refractivity contribution in [2.45, 2.75) is 81.2 Å². The Morgan fingerprint density at radius 1 is 0.818 bits per heavy atom. The van der Waals surface area contributed by atoms with Crippen molar-refractivity contribution in [2.24, 2.45) is 0 Å². The lowest BCUT2D eigenvalue weighted by Gasteiger charge is -2.25. The summed E-state index contributed by atoms with van der Waals surface area (Å²) in [6, 6.07) is 2.92. The van der Waals surface area contributed by atoms with Crippen LogP contribution in [0.4, 0.5) is 22.2 Å². The molecule has 28 heteroatoms. The first-order valence-electron chi connectivity index (χ1n) is 20.3. The van der Waals surface area contributed by atoms with Crippen LogP contribution in [0.1, 0.15) is 48.2 Å². The van der Waals surface area contributed by atoms with Crippen LogP contribution in [0, 0.1) is 0 Å². The molecule has 3 rings (SSSR count). The molecule has 0 spiro atoms. The smallest absolute Gasteiger partial charge is 0.407 e. The zero-order valence-corrected chi connectivity index (χ0v) is 37.3.